The number of hydrogen-bond acceptors (Lipinski definition) is 3. The number of Topliss-reactive ketones (excluding diaryl/α,β-unsaturated/α-hetero) is 1. The quantitative estimate of drug-likeness (QED) is 0.596. The molecule has 2 atom stereocenters. The summed E-state index contributed by atoms with van der Waals surface area (Å²) in [5, 5.41) is 0. The molecule has 0 unspecified atom stereocenters. The highest BCUT2D eigenvalue weighted by molar-refractivity contribution is 5.95. The highest BCUT2D eigenvalue weighted by atomic mass is 19.1. The zero-order valence-corrected chi connectivity index (χ0v) is 7.09. The topological polar surface area (TPSA) is 43.4 Å². The summed E-state index contributed by atoms with van der Waals surface area (Å²) in [6, 6.07) is 0. The lowest BCUT2D eigenvalue weighted by molar-refractivity contribution is -0.152. The maximum Gasteiger partial charge on any atom is 0.344 e. The molecule has 3 nitrogen and oxygen atoms in total. The molecule has 0 radical (unpaired) electrons. The van der Waals surface area contributed by atoms with E-state index in [2.05, 4.69) is 4.74 Å². The second kappa shape index (κ2) is 2.84. The molecule has 0 amide bonds. The monoisotopic (exact) mass is 174 g/mol. The third-order valence-corrected chi connectivity index (χ3v) is 2.00. The number of hydrogen-bond donors (Lipinski definition) is 0. The van der Waals surface area contributed by atoms with Gasteiger partial charge in [0.05, 0.1) is 12.5 Å². The van der Waals surface area contributed by atoms with Gasteiger partial charge in [0.1, 0.15) is 5.78 Å². The summed E-state index contributed by atoms with van der Waals surface area (Å²) in [7, 11) is 0. The Kier molecular flexibility index (Phi) is 2.17. The van der Waals surface area contributed by atoms with E-state index in [1.807, 2.05) is 0 Å². The Bertz CT molecular complexity index is 226. The van der Waals surface area contributed by atoms with Gasteiger partial charge in [-0.25, -0.2) is 9.18 Å². The van der Waals surface area contributed by atoms with Crippen LogP contribution in [0.1, 0.15) is 20.3 Å². The van der Waals surface area contributed by atoms with Crippen LogP contribution in [-0.2, 0) is 14.3 Å². The van der Waals surface area contributed by atoms with Crippen LogP contribution >= 0.6 is 0 Å². The van der Waals surface area contributed by atoms with Crippen LogP contribution in [-0.4, -0.2) is 24.0 Å². The average molecular weight is 174 g/mol. The van der Waals surface area contributed by atoms with E-state index in [-0.39, 0.29) is 18.8 Å². The first kappa shape index (κ1) is 9.16. The number of alkyl halides is 1. The van der Waals surface area contributed by atoms with Gasteiger partial charge in [-0.15, -0.1) is 0 Å². The Morgan fingerprint density at radius 1 is 1.67 bits per heavy atom. The normalized spacial score (nSPS) is 32.8. The van der Waals surface area contributed by atoms with E-state index in [0.29, 0.717) is 0 Å². The molecular weight excluding hydrogens is 163 g/mol. The predicted octanol–water partition coefficient (Wildman–Crippen LogP) is 0.867. The molecule has 0 heterocycles. The van der Waals surface area contributed by atoms with Crippen molar-refractivity contribution in [1.82, 2.24) is 0 Å². The van der Waals surface area contributed by atoms with Gasteiger partial charge in [0.2, 0.25) is 5.67 Å². The molecule has 0 spiro atoms. The van der Waals surface area contributed by atoms with E-state index in [9.17, 15) is 14.0 Å². The number of carbonyl (C=O) groups excluding carboxylic acids is 2. The first-order valence-corrected chi connectivity index (χ1v) is 3.89. The van der Waals surface area contributed by atoms with E-state index < -0.39 is 17.6 Å². The molecule has 0 N–H and O–H groups in total. The standard InChI is InChI=1S/C8H11FO3/c1-3-12-7(11)8(9)4-6(8)5(2)10/h6H,3-4H2,1-2H3/t6-,8-/m0/s1. The number of rotatable bonds is 3. The predicted molar refractivity (Wildman–Crippen MR) is 39.3 cm³/mol. The lowest BCUT2D eigenvalue weighted by Gasteiger charge is -2.04. The van der Waals surface area contributed by atoms with E-state index in [1.54, 1.807) is 6.92 Å². The highest BCUT2D eigenvalue weighted by Gasteiger charge is 2.65. The average Bonchev–Trinajstić information content (AvgIpc) is 2.65. The summed E-state index contributed by atoms with van der Waals surface area (Å²) < 4.78 is 17.8. The van der Waals surface area contributed by atoms with Crippen molar-refractivity contribution in [3.63, 3.8) is 0 Å². The number of carbonyl (C=O) groups is 2. The number of esters is 1. The maximum atomic E-state index is 13.3. The smallest absolute Gasteiger partial charge is 0.344 e. The fourth-order valence-corrected chi connectivity index (χ4v) is 1.18. The van der Waals surface area contributed by atoms with Crippen LogP contribution in [0.3, 0.4) is 0 Å². The number of ketones is 1. The largest absolute Gasteiger partial charge is 0.464 e. The lowest BCUT2D eigenvalue weighted by atomic mass is 10.2. The Hall–Kier alpha value is -0.930. The second-order valence-electron chi connectivity index (χ2n) is 2.95. The van der Waals surface area contributed by atoms with Gasteiger partial charge in [-0.3, -0.25) is 4.79 Å². The van der Waals surface area contributed by atoms with Crippen LogP contribution in [0.25, 0.3) is 0 Å². The molecule has 68 valence electrons. The van der Waals surface area contributed by atoms with Crippen molar-refractivity contribution in [2.75, 3.05) is 6.61 Å². The van der Waals surface area contributed by atoms with Crippen molar-refractivity contribution < 1.29 is 18.7 Å². The van der Waals surface area contributed by atoms with E-state index in [4.69, 9.17) is 0 Å². The molecule has 12 heavy (non-hydrogen) atoms. The summed E-state index contributed by atoms with van der Waals surface area (Å²) in [5.41, 5.74) is -2.01. The Morgan fingerprint density at radius 3 is 2.58 bits per heavy atom. The van der Waals surface area contributed by atoms with Gasteiger partial charge in [0.25, 0.3) is 0 Å². The molecule has 0 aliphatic heterocycles. The molecule has 1 fully saturated rings. The van der Waals surface area contributed by atoms with E-state index in [1.165, 1.54) is 6.92 Å². The van der Waals surface area contributed by atoms with Crippen molar-refractivity contribution in [3.05, 3.63) is 0 Å². The summed E-state index contributed by atoms with van der Waals surface area (Å²) in [5.74, 6) is -1.95. The minimum absolute atomic E-state index is 0.0127. The fraction of sp³-hybridized carbons (Fsp3) is 0.750. The van der Waals surface area contributed by atoms with Crippen molar-refractivity contribution >= 4 is 11.8 Å². The Balaban J connectivity index is 2.54. The maximum absolute atomic E-state index is 13.3. The molecule has 1 aliphatic rings. The van der Waals surface area contributed by atoms with Gasteiger partial charge in [-0.1, -0.05) is 0 Å². The van der Waals surface area contributed by atoms with Crippen molar-refractivity contribution in [3.8, 4) is 0 Å². The summed E-state index contributed by atoms with van der Waals surface area (Å²) in [6.45, 7) is 3.03. The van der Waals surface area contributed by atoms with Crippen LogP contribution in [0.2, 0.25) is 0 Å². The molecule has 1 rings (SSSR count). The SMILES string of the molecule is CCOC(=O)[C@]1(F)C[C@H]1C(C)=O. The summed E-state index contributed by atoms with van der Waals surface area (Å²) in [6.07, 6.45) is -0.0127. The molecule has 1 aliphatic carbocycles. The van der Waals surface area contributed by atoms with Crippen molar-refractivity contribution in [2.24, 2.45) is 5.92 Å². The molecular formula is C8H11FO3. The van der Waals surface area contributed by atoms with E-state index in [0.717, 1.165) is 0 Å². The molecule has 1 saturated carbocycles. The lowest BCUT2D eigenvalue weighted by Crippen LogP contribution is -2.24. The second-order valence-corrected chi connectivity index (χ2v) is 2.95. The van der Waals surface area contributed by atoms with Crippen LogP contribution in [0.4, 0.5) is 4.39 Å². The molecule has 0 aromatic rings. The molecule has 0 aromatic heterocycles. The highest BCUT2D eigenvalue weighted by Crippen LogP contribution is 2.48. The van der Waals surface area contributed by atoms with Gasteiger partial charge in [-0.2, -0.15) is 0 Å². The van der Waals surface area contributed by atoms with Crippen LogP contribution in [0.5, 0.6) is 0 Å². The number of halogens is 1. The third kappa shape index (κ3) is 1.33. The zero-order valence-electron chi connectivity index (χ0n) is 7.09. The first-order chi connectivity index (χ1) is 5.52. The van der Waals surface area contributed by atoms with Gasteiger partial charge in [-0.05, 0) is 13.8 Å². The van der Waals surface area contributed by atoms with Crippen LogP contribution in [0.15, 0.2) is 0 Å². The van der Waals surface area contributed by atoms with Gasteiger partial charge in [0.15, 0.2) is 0 Å². The minimum Gasteiger partial charge on any atom is -0.464 e. The molecule has 4 heteroatoms. The van der Waals surface area contributed by atoms with E-state index >= 15 is 0 Å². The van der Waals surface area contributed by atoms with Crippen LogP contribution in [0, 0.1) is 5.92 Å². The summed E-state index contributed by atoms with van der Waals surface area (Å²) in [4.78, 5) is 21.6. The fourth-order valence-electron chi connectivity index (χ4n) is 1.18. The zero-order chi connectivity index (χ0) is 9.35. The van der Waals surface area contributed by atoms with Gasteiger partial charge >= 0.3 is 5.97 Å². The minimum atomic E-state index is -2.01. The number of ether oxygens (including phenoxy) is 1. The van der Waals surface area contributed by atoms with Gasteiger partial charge < -0.3 is 4.74 Å². The van der Waals surface area contributed by atoms with Crippen LogP contribution < -0.4 is 0 Å². The van der Waals surface area contributed by atoms with Crippen molar-refractivity contribution in [2.45, 2.75) is 25.9 Å². The molecule has 0 bridgehead atoms. The first-order valence-electron chi connectivity index (χ1n) is 3.89. The van der Waals surface area contributed by atoms with Gasteiger partial charge in [0, 0.05) is 6.42 Å². The molecule has 0 saturated heterocycles. The summed E-state index contributed by atoms with van der Waals surface area (Å²) >= 11 is 0. The van der Waals surface area contributed by atoms with Crippen molar-refractivity contribution in [1.29, 1.82) is 0 Å². The Morgan fingerprint density at radius 2 is 2.25 bits per heavy atom. The third-order valence-electron chi connectivity index (χ3n) is 2.00. The Labute approximate surface area is 69.9 Å². The molecule has 0 aromatic carbocycles.